The molecule has 1 aromatic carbocycles. The smallest absolute Gasteiger partial charge is 0.242 e. The monoisotopic (exact) mass is 308 g/mol. The van der Waals surface area contributed by atoms with Crippen LogP contribution in [0.15, 0.2) is 30.3 Å². The largest absolute Gasteiger partial charge is 0.544 e. The molecule has 3 heteroatoms. The van der Waals surface area contributed by atoms with Crippen LogP contribution in [0.4, 0.5) is 4.39 Å². The van der Waals surface area contributed by atoms with Crippen LogP contribution in [-0.2, 0) is 4.43 Å². The molecule has 0 N–H and O–H groups in total. The Morgan fingerprint density at radius 1 is 1.05 bits per heavy atom. The number of halogens is 1. The zero-order valence-electron chi connectivity index (χ0n) is 13.9. The lowest BCUT2D eigenvalue weighted by atomic mass is 10.1. The summed E-state index contributed by atoms with van der Waals surface area (Å²) in [6, 6.07) is 6.60. The molecule has 1 rings (SSSR count). The van der Waals surface area contributed by atoms with Crippen LogP contribution in [0, 0.1) is 5.82 Å². The number of hydrogen-bond donors (Lipinski definition) is 0. The molecule has 0 saturated carbocycles. The summed E-state index contributed by atoms with van der Waals surface area (Å²) in [5.74, 6) is 0.718. The van der Waals surface area contributed by atoms with Crippen LogP contribution in [0.1, 0.15) is 51.0 Å². The van der Waals surface area contributed by atoms with Crippen molar-refractivity contribution in [3.05, 3.63) is 41.7 Å². The Labute approximate surface area is 130 Å². The molecule has 0 aliphatic rings. The lowest BCUT2D eigenvalue weighted by Crippen LogP contribution is -2.24. The van der Waals surface area contributed by atoms with Gasteiger partial charge in [0.25, 0.3) is 0 Å². The van der Waals surface area contributed by atoms with Crippen molar-refractivity contribution >= 4 is 14.1 Å². The molecule has 0 aliphatic heterocycles. The van der Waals surface area contributed by atoms with Gasteiger partial charge in [-0.3, -0.25) is 0 Å². The molecular weight excluding hydrogens is 279 g/mol. The molecule has 0 bridgehead atoms. The lowest BCUT2D eigenvalue weighted by Gasteiger charge is -2.22. The Morgan fingerprint density at radius 2 is 1.67 bits per heavy atom. The van der Waals surface area contributed by atoms with Crippen molar-refractivity contribution < 1.29 is 8.82 Å². The van der Waals surface area contributed by atoms with Crippen LogP contribution in [0.25, 0.3) is 5.76 Å². The summed E-state index contributed by atoms with van der Waals surface area (Å²) in [5, 5.41) is 0. The molecule has 21 heavy (non-hydrogen) atoms. The van der Waals surface area contributed by atoms with Gasteiger partial charge in [0.15, 0.2) is 0 Å². The van der Waals surface area contributed by atoms with Gasteiger partial charge in [0.2, 0.25) is 8.32 Å². The average Bonchev–Trinajstić information content (AvgIpc) is 2.41. The first kappa shape index (κ1) is 18.0. The molecule has 0 heterocycles. The van der Waals surface area contributed by atoms with E-state index in [1.807, 2.05) is 0 Å². The highest BCUT2D eigenvalue weighted by molar-refractivity contribution is 6.70. The first-order valence-corrected chi connectivity index (χ1v) is 11.5. The molecular formula is C18H29FOSi. The Bertz CT molecular complexity index is 432. The van der Waals surface area contributed by atoms with Gasteiger partial charge in [0, 0.05) is 5.56 Å². The molecule has 1 nitrogen and oxygen atoms in total. The van der Waals surface area contributed by atoms with Crippen LogP contribution in [0.5, 0.6) is 0 Å². The van der Waals surface area contributed by atoms with Crippen molar-refractivity contribution in [2.24, 2.45) is 0 Å². The number of benzene rings is 1. The molecule has 0 radical (unpaired) electrons. The second-order valence-corrected chi connectivity index (χ2v) is 10.9. The van der Waals surface area contributed by atoms with Gasteiger partial charge < -0.3 is 4.43 Å². The maximum Gasteiger partial charge on any atom is 0.242 e. The predicted molar refractivity (Wildman–Crippen MR) is 92.2 cm³/mol. The first-order valence-electron chi connectivity index (χ1n) is 8.07. The number of hydrogen-bond acceptors (Lipinski definition) is 1. The first-order chi connectivity index (χ1) is 9.92. The van der Waals surface area contributed by atoms with Crippen molar-refractivity contribution in [2.75, 3.05) is 0 Å². The van der Waals surface area contributed by atoms with E-state index in [0.29, 0.717) is 0 Å². The molecule has 0 aliphatic carbocycles. The fraction of sp³-hybridized carbons (Fsp3) is 0.556. The van der Waals surface area contributed by atoms with E-state index in [9.17, 15) is 4.39 Å². The van der Waals surface area contributed by atoms with Gasteiger partial charge in [-0.2, -0.15) is 0 Å². The van der Waals surface area contributed by atoms with Crippen LogP contribution < -0.4 is 0 Å². The highest BCUT2D eigenvalue weighted by Crippen LogP contribution is 2.23. The Kier molecular flexibility index (Phi) is 7.72. The highest BCUT2D eigenvalue weighted by Gasteiger charge is 2.18. The van der Waals surface area contributed by atoms with Crippen LogP contribution >= 0.6 is 0 Å². The van der Waals surface area contributed by atoms with Gasteiger partial charge >= 0.3 is 0 Å². The zero-order valence-corrected chi connectivity index (χ0v) is 14.9. The molecule has 0 fully saturated rings. The Morgan fingerprint density at radius 3 is 2.24 bits per heavy atom. The van der Waals surface area contributed by atoms with Gasteiger partial charge in [-0.1, -0.05) is 32.6 Å². The van der Waals surface area contributed by atoms with E-state index in [-0.39, 0.29) is 5.82 Å². The van der Waals surface area contributed by atoms with Crippen molar-refractivity contribution in [1.82, 2.24) is 0 Å². The van der Waals surface area contributed by atoms with Gasteiger partial charge in [-0.25, -0.2) is 4.39 Å². The number of rotatable bonds is 9. The van der Waals surface area contributed by atoms with Crippen LogP contribution in [-0.4, -0.2) is 8.32 Å². The minimum Gasteiger partial charge on any atom is -0.544 e. The summed E-state index contributed by atoms with van der Waals surface area (Å²) in [6.07, 6.45) is 9.58. The second-order valence-electron chi connectivity index (χ2n) is 6.49. The van der Waals surface area contributed by atoms with E-state index in [1.54, 1.807) is 12.1 Å². The quantitative estimate of drug-likeness (QED) is 0.292. The molecule has 1 aromatic rings. The Hall–Kier alpha value is -1.09. The highest BCUT2D eigenvalue weighted by atomic mass is 28.4. The van der Waals surface area contributed by atoms with Crippen LogP contribution in [0.2, 0.25) is 19.6 Å². The summed E-state index contributed by atoms with van der Waals surface area (Å²) >= 11 is 0. The maximum atomic E-state index is 13.1. The third-order valence-electron chi connectivity index (χ3n) is 3.18. The van der Waals surface area contributed by atoms with E-state index in [4.69, 9.17) is 4.43 Å². The van der Waals surface area contributed by atoms with Gasteiger partial charge in [-0.15, -0.1) is 0 Å². The minimum atomic E-state index is -1.66. The van der Waals surface area contributed by atoms with Crippen molar-refractivity contribution in [3.8, 4) is 0 Å². The second kappa shape index (κ2) is 9.03. The normalized spacial score (nSPS) is 12.5. The molecule has 0 atom stereocenters. The molecule has 0 amide bonds. The zero-order chi connectivity index (χ0) is 15.7. The topological polar surface area (TPSA) is 9.23 Å². The summed E-state index contributed by atoms with van der Waals surface area (Å²) in [5.41, 5.74) is 0.979. The fourth-order valence-corrected chi connectivity index (χ4v) is 3.00. The minimum absolute atomic E-state index is 0.203. The maximum absolute atomic E-state index is 13.1. The molecule has 0 unspecified atom stereocenters. The molecule has 118 valence electrons. The average molecular weight is 309 g/mol. The van der Waals surface area contributed by atoms with Crippen molar-refractivity contribution in [3.63, 3.8) is 0 Å². The van der Waals surface area contributed by atoms with E-state index in [1.165, 1.54) is 44.2 Å². The number of unbranched alkanes of at least 4 members (excludes halogenated alkanes) is 5. The Balaban J connectivity index is 2.66. The van der Waals surface area contributed by atoms with Gasteiger partial charge in [-0.05, 0) is 62.8 Å². The summed E-state index contributed by atoms with van der Waals surface area (Å²) in [6.45, 7) is 8.75. The summed E-state index contributed by atoms with van der Waals surface area (Å²) in [4.78, 5) is 0. The van der Waals surface area contributed by atoms with E-state index >= 15 is 0 Å². The third-order valence-corrected chi connectivity index (χ3v) is 4.01. The van der Waals surface area contributed by atoms with E-state index in [2.05, 4.69) is 32.6 Å². The van der Waals surface area contributed by atoms with Gasteiger partial charge in [0.05, 0.1) is 0 Å². The molecule has 0 aromatic heterocycles. The van der Waals surface area contributed by atoms with E-state index in [0.717, 1.165) is 17.7 Å². The van der Waals surface area contributed by atoms with Crippen LogP contribution in [0.3, 0.4) is 0 Å². The summed E-state index contributed by atoms with van der Waals surface area (Å²) < 4.78 is 19.2. The van der Waals surface area contributed by atoms with Crippen molar-refractivity contribution in [2.45, 2.75) is 65.1 Å². The predicted octanol–water partition coefficient (Wildman–Crippen LogP) is 6.38. The molecule has 0 saturated heterocycles. The summed E-state index contributed by atoms with van der Waals surface area (Å²) in [7, 11) is -1.66. The van der Waals surface area contributed by atoms with Crippen molar-refractivity contribution in [1.29, 1.82) is 0 Å². The molecule has 0 spiro atoms. The third kappa shape index (κ3) is 8.05. The van der Waals surface area contributed by atoms with E-state index < -0.39 is 8.32 Å². The lowest BCUT2D eigenvalue weighted by molar-refractivity contribution is 0.510. The number of allylic oxidation sites excluding steroid dienone is 1. The van der Waals surface area contributed by atoms with Gasteiger partial charge in [0.1, 0.15) is 11.6 Å². The SMILES string of the molecule is CCCCCCC/C=C(\O[Si](C)(C)C)c1ccc(F)cc1. The fourth-order valence-electron chi connectivity index (χ4n) is 2.14. The standard InChI is InChI=1S/C18H29FOSi/c1-5-6-7-8-9-10-11-18(20-21(2,3)4)16-12-14-17(19)15-13-16/h11-15H,5-10H2,1-4H3/b18-11-.